The molecule has 4 nitrogen and oxygen atoms in total. The van der Waals surface area contributed by atoms with Crippen molar-refractivity contribution in [1.29, 1.82) is 0 Å². The van der Waals surface area contributed by atoms with Gasteiger partial charge in [-0.05, 0) is 37.0 Å². The van der Waals surface area contributed by atoms with Crippen molar-refractivity contribution in [3.8, 4) is 0 Å². The third kappa shape index (κ3) is 4.27. The van der Waals surface area contributed by atoms with E-state index in [0.29, 0.717) is 5.69 Å². The van der Waals surface area contributed by atoms with Crippen LogP contribution in [0.25, 0.3) is 0 Å². The van der Waals surface area contributed by atoms with E-state index in [1.54, 1.807) is 5.38 Å². The molecule has 21 heavy (non-hydrogen) atoms. The van der Waals surface area contributed by atoms with Crippen molar-refractivity contribution in [3.63, 3.8) is 0 Å². The highest BCUT2D eigenvalue weighted by molar-refractivity contribution is 7.09. The lowest BCUT2D eigenvalue weighted by Crippen LogP contribution is -2.46. The summed E-state index contributed by atoms with van der Waals surface area (Å²) in [6.07, 6.45) is 3.23. The molecular formula is C16H27N3OS. The summed E-state index contributed by atoms with van der Waals surface area (Å²) in [6, 6.07) is 0.0980. The fourth-order valence-corrected chi connectivity index (χ4v) is 4.57. The van der Waals surface area contributed by atoms with E-state index in [0.717, 1.165) is 17.8 Å². The van der Waals surface area contributed by atoms with Crippen molar-refractivity contribution in [2.24, 2.45) is 16.6 Å². The van der Waals surface area contributed by atoms with Crippen LogP contribution in [0.4, 0.5) is 0 Å². The maximum atomic E-state index is 12.4. The molecule has 0 radical (unpaired) electrons. The third-order valence-electron chi connectivity index (χ3n) is 4.03. The van der Waals surface area contributed by atoms with Gasteiger partial charge in [-0.25, -0.2) is 4.98 Å². The van der Waals surface area contributed by atoms with Gasteiger partial charge in [-0.15, -0.1) is 11.3 Å². The predicted molar refractivity (Wildman–Crippen MR) is 87.4 cm³/mol. The normalized spacial score (nSPS) is 22.8. The molecule has 1 aromatic heterocycles. The van der Waals surface area contributed by atoms with Crippen LogP contribution in [0.3, 0.4) is 0 Å². The minimum Gasteiger partial charge on any atom is -0.348 e. The number of nitrogens with one attached hydrogen (secondary N) is 1. The zero-order valence-corrected chi connectivity index (χ0v) is 14.5. The number of hydrogen-bond donors (Lipinski definition) is 2. The summed E-state index contributed by atoms with van der Waals surface area (Å²) in [6.45, 7) is 11.0. The zero-order valence-electron chi connectivity index (χ0n) is 13.7. The largest absolute Gasteiger partial charge is 0.348 e. The lowest BCUT2D eigenvalue weighted by atomic mass is 9.63. The molecule has 0 bridgehead atoms. The van der Waals surface area contributed by atoms with E-state index in [9.17, 15) is 4.79 Å². The van der Waals surface area contributed by atoms with Crippen LogP contribution < -0.4 is 11.1 Å². The highest BCUT2D eigenvalue weighted by Crippen LogP contribution is 2.45. The maximum absolute atomic E-state index is 12.4. The molecule has 1 saturated carbocycles. The Morgan fingerprint density at radius 2 is 1.95 bits per heavy atom. The Morgan fingerprint density at radius 1 is 1.38 bits per heavy atom. The monoisotopic (exact) mass is 309 g/mol. The molecule has 0 aliphatic heterocycles. The van der Waals surface area contributed by atoms with Gasteiger partial charge in [-0.2, -0.15) is 0 Å². The van der Waals surface area contributed by atoms with E-state index in [1.165, 1.54) is 17.8 Å². The van der Waals surface area contributed by atoms with Crippen LogP contribution in [-0.4, -0.2) is 16.9 Å². The SMILES string of the molecule is CC(N)c1nc(C(=O)NC2CC(C)(C)CC(C)(C)C2)cs1. The summed E-state index contributed by atoms with van der Waals surface area (Å²) < 4.78 is 0. The Kier molecular flexibility index (Phi) is 4.45. The van der Waals surface area contributed by atoms with Crippen LogP contribution >= 0.6 is 11.3 Å². The minimum atomic E-state index is -0.121. The average Bonchev–Trinajstić information content (AvgIpc) is 2.72. The Labute approximate surface area is 131 Å². The topological polar surface area (TPSA) is 68.0 Å². The number of carbonyl (C=O) groups excluding carboxylic acids is 1. The van der Waals surface area contributed by atoms with Gasteiger partial charge >= 0.3 is 0 Å². The standard InChI is InChI=1S/C16H27N3OS/c1-10(17)14-19-12(8-21-14)13(20)18-11-6-15(2,3)9-16(4,5)7-11/h8,10-11H,6-7,9,17H2,1-5H3,(H,18,20). The van der Waals surface area contributed by atoms with E-state index in [4.69, 9.17) is 5.73 Å². The quantitative estimate of drug-likeness (QED) is 0.898. The van der Waals surface area contributed by atoms with Crippen molar-refractivity contribution in [1.82, 2.24) is 10.3 Å². The number of amides is 1. The molecule has 5 heteroatoms. The number of carbonyl (C=O) groups is 1. The van der Waals surface area contributed by atoms with Crippen LogP contribution in [0, 0.1) is 10.8 Å². The van der Waals surface area contributed by atoms with E-state index < -0.39 is 0 Å². The van der Waals surface area contributed by atoms with Crippen LogP contribution in [0.2, 0.25) is 0 Å². The summed E-state index contributed by atoms with van der Waals surface area (Å²) in [5.41, 5.74) is 6.82. The van der Waals surface area contributed by atoms with Crippen molar-refractivity contribution in [2.45, 2.75) is 66.0 Å². The first kappa shape index (κ1) is 16.4. The molecular weight excluding hydrogens is 282 g/mol. The summed E-state index contributed by atoms with van der Waals surface area (Å²) in [4.78, 5) is 16.7. The molecule has 1 aliphatic rings. The Hall–Kier alpha value is -0.940. The molecule has 1 fully saturated rings. The van der Waals surface area contributed by atoms with Gasteiger partial charge in [0.25, 0.3) is 5.91 Å². The number of aromatic nitrogens is 1. The van der Waals surface area contributed by atoms with Crippen LogP contribution in [0.15, 0.2) is 5.38 Å². The molecule has 0 spiro atoms. The second-order valence-corrected chi connectivity index (χ2v) is 8.83. The zero-order chi connectivity index (χ0) is 15.8. The van der Waals surface area contributed by atoms with Crippen molar-refractivity contribution in [3.05, 3.63) is 16.1 Å². The second-order valence-electron chi connectivity index (χ2n) is 7.94. The van der Waals surface area contributed by atoms with Crippen molar-refractivity contribution < 1.29 is 4.79 Å². The summed E-state index contributed by atoms with van der Waals surface area (Å²) in [5, 5.41) is 5.77. The van der Waals surface area contributed by atoms with Gasteiger partial charge in [0.15, 0.2) is 0 Å². The number of rotatable bonds is 3. The predicted octanol–water partition coefficient (Wildman–Crippen LogP) is 3.50. The van der Waals surface area contributed by atoms with Crippen molar-refractivity contribution in [2.75, 3.05) is 0 Å². The molecule has 2 rings (SSSR count). The number of hydrogen-bond acceptors (Lipinski definition) is 4. The Bertz CT molecular complexity index is 503. The van der Waals surface area contributed by atoms with E-state index in [2.05, 4.69) is 38.0 Å². The first-order valence-electron chi connectivity index (χ1n) is 7.60. The van der Waals surface area contributed by atoms with E-state index in [-0.39, 0.29) is 28.8 Å². The summed E-state index contributed by atoms with van der Waals surface area (Å²) in [7, 11) is 0. The number of thiazole rings is 1. The van der Waals surface area contributed by atoms with Gasteiger partial charge in [0.1, 0.15) is 10.7 Å². The molecule has 1 unspecified atom stereocenters. The highest BCUT2D eigenvalue weighted by Gasteiger charge is 2.39. The molecule has 1 heterocycles. The average molecular weight is 309 g/mol. The molecule has 1 aliphatic carbocycles. The fraction of sp³-hybridized carbons (Fsp3) is 0.750. The molecule has 0 saturated heterocycles. The minimum absolute atomic E-state index is 0.0725. The number of nitrogens with two attached hydrogens (primary N) is 1. The first-order valence-corrected chi connectivity index (χ1v) is 8.48. The second kappa shape index (κ2) is 5.69. The van der Waals surface area contributed by atoms with Gasteiger partial charge in [-0.3, -0.25) is 4.79 Å². The fourth-order valence-electron chi connectivity index (χ4n) is 3.81. The Morgan fingerprint density at radius 3 is 2.43 bits per heavy atom. The summed E-state index contributed by atoms with van der Waals surface area (Å²) >= 11 is 1.45. The molecule has 1 aromatic rings. The number of nitrogens with zero attached hydrogens (tertiary/aromatic N) is 1. The summed E-state index contributed by atoms with van der Waals surface area (Å²) in [5.74, 6) is -0.0725. The Balaban J connectivity index is 2.04. The molecule has 0 aromatic carbocycles. The lowest BCUT2D eigenvalue weighted by Gasteiger charge is -2.45. The van der Waals surface area contributed by atoms with Gasteiger partial charge in [0.2, 0.25) is 0 Å². The van der Waals surface area contributed by atoms with Gasteiger partial charge in [0.05, 0.1) is 6.04 Å². The lowest BCUT2D eigenvalue weighted by molar-refractivity contribution is 0.0711. The maximum Gasteiger partial charge on any atom is 0.270 e. The first-order chi connectivity index (χ1) is 9.58. The van der Waals surface area contributed by atoms with Crippen LogP contribution in [0.5, 0.6) is 0 Å². The smallest absolute Gasteiger partial charge is 0.270 e. The molecule has 118 valence electrons. The van der Waals surface area contributed by atoms with Crippen molar-refractivity contribution >= 4 is 17.2 Å². The van der Waals surface area contributed by atoms with Crippen LogP contribution in [-0.2, 0) is 0 Å². The third-order valence-corrected chi connectivity index (χ3v) is 5.08. The highest BCUT2D eigenvalue weighted by atomic mass is 32.1. The van der Waals surface area contributed by atoms with Gasteiger partial charge in [0, 0.05) is 11.4 Å². The van der Waals surface area contributed by atoms with Gasteiger partial charge < -0.3 is 11.1 Å². The van der Waals surface area contributed by atoms with Gasteiger partial charge in [-0.1, -0.05) is 27.7 Å². The molecule has 1 atom stereocenters. The molecule has 3 N–H and O–H groups in total. The van der Waals surface area contributed by atoms with E-state index >= 15 is 0 Å². The van der Waals surface area contributed by atoms with Crippen LogP contribution in [0.1, 0.15) is 75.4 Å². The molecule has 1 amide bonds. The van der Waals surface area contributed by atoms with E-state index in [1.807, 2.05) is 6.92 Å².